The van der Waals surface area contributed by atoms with Crippen molar-refractivity contribution >= 4 is 23.8 Å². The van der Waals surface area contributed by atoms with E-state index in [1.54, 1.807) is 37.8 Å². The van der Waals surface area contributed by atoms with Crippen LogP contribution in [0.3, 0.4) is 0 Å². The normalized spacial score (nSPS) is 17.2. The summed E-state index contributed by atoms with van der Waals surface area (Å²) in [5.41, 5.74) is -0.900. The largest absolute Gasteiger partial charge is 0.469 e. The van der Waals surface area contributed by atoms with Gasteiger partial charge in [-0.05, 0) is 45.6 Å². The molecular formula is C24H37N3O6. The highest BCUT2D eigenvalue weighted by Crippen LogP contribution is 2.37. The van der Waals surface area contributed by atoms with Crippen LogP contribution in [0.5, 0.6) is 0 Å². The number of hydrogen-bond acceptors (Lipinski definition) is 7. The molecule has 2 atom stereocenters. The van der Waals surface area contributed by atoms with Gasteiger partial charge in [-0.25, -0.2) is 9.78 Å². The van der Waals surface area contributed by atoms with E-state index in [9.17, 15) is 19.5 Å². The van der Waals surface area contributed by atoms with Crippen LogP contribution in [0, 0.1) is 17.3 Å². The molecule has 2 rings (SSSR count). The van der Waals surface area contributed by atoms with Crippen LogP contribution >= 0.6 is 0 Å². The molecule has 9 nitrogen and oxygen atoms in total. The van der Waals surface area contributed by atoms with Crippen molar-refractivity contribution in [3.63, 3.8) is 0 Å². The number of aliphatic hydroxyl groups is 1. The molecule has 0 radical (unpaired) electrons. The van der Waals surface area contributed by atoms with Crippen molar-refractivity contribution in [2.24, 2.45) is 17.3 Å². The molecule has 2 N–H and O–H groups in total. The summed E-state index contributed by atoms with van der Waals surface area (Å²) >= 11 is 0. The molecule has 0 bridgehead atoms. The Kier molecular flexibility index (Phi) is 8.46. The lowest BCUT2D eigenvalue weighted by Crippen LogP contribution is -2.44. The van der Waals surface area contributed by atoms with E-state index in [0.717, 1.165) is 0 Å². The first-order chi connectivity index (χ1) is 15.2. The molecule has 0 unspecified atom stereocenters. The van der Waals surface area contributed by atoms with Gasteiger partial charge in [0, 0.05) is 30.3 Å². The number of likely N-dealkylation sites (tertiary alicyclic amines) is 1. The van der Waals surface area contributed by atoms with Gasteiger partial charge in [-0.15, -0.1) is 0 Å². The Morgan fingerprint density at radius 1 is 1.15 bits per heavy atom. The molecule has 1 aromatic heterocycles. The van der Waals surface area contributed by atoms with Gasteiger partial charge in [0.1, 0.15) is 11.4 Å². The number of pyridine rings is 1. The number of nitrogens with zero attached hydrogens (tertiary/aromatic N) is 2. The van der Waals surface area contributed by atoms with Gasteiger partial charge < -0.3 is 24.8 Å². The van der Waals surface area contributed by atoms with Gasteiger partial charge in [0.15, 0.2) is 0 Å². The molecule has 1 saturated heterocycles. The monoisotopic (exact) mass is 463 g/mol. The van der Waals surface area contributed by atoms with Gasteiger partial charge in [0.25, 0.3) is 0 Å². The second kappa shape index (κ2) is 10.5. The van der Waals surface area contributed by atoms with Crippen molar-refractivity contribution in [1.29, 1.82) is 0 Å². The van der Waals surface area contributed by atoms with Crippen LogP contribution in [0.4, 0.5) is 10.6 Å². The summed E-state index contributed by atoms with van der Waals surface area (Å²) in [5.74, 6) is -1.68. The number of hydrogen-bond donors (Lipinski definition) is 2. The number of aromatic nitrogens is 1. The van der Waals surface area contributed by atoms with E-state index in [2.05, 4.69) is 10.3 Å². The third-order valence-corrected chi connectivity index (χ3v) is 5.58. The van der Waals surface area contributed by atoms with E-state index in [1.807, 2.05) is 20.8 Å². The van der Waals surface area contributed by atoms with Crippen molar-refractivity contribution in [2.75, 3.05) is 25.5 Å². The molecule has 1 fully saturated rings. The second-order valence-electron chi connectivity index (χ2n) is 10.4. The van der Waals surface area contributed by atoms with E-state index >= 15 is 0 Å². The van der Waals surface area contributed by atoms with Gasteiger partial charge >= 0.3 is 12.1 Å². The molecule has 1 aliphatic heterocycles. The summed E-state index contributed by atoms with van der Waals surface area (Å²) in [6.07, 6.45) is 0.885. The predicted octanol–water partition coefficient (Wildman–Crippen LogP) is 3.54. The lowest BCUT2D eigenvalue weighted by atomic mass is 9.79. The average molecular weight is 464 g/mol. The third-order valence-electron chi connectivity index (χ3n) is 5.58. The first kappa shape index (κ1) is 26.6. The summed E-state index contributed by atoms with van der Waals surface area (Å²) < 4.78 is 10.4. The highest BCUT2D eigenvalue weighted by atomic mass is 16.6. The molecule has 0 aliphatic carbocycles. The second-order valence-corrected chi connectivity index (χ2v) is 10.4. The van der Waals surface area contributed by atoms with Crippen molar-refractivity contribution in [1.82, 2.24) is 9.88 Å². The molecule has 0 aromatic carbocycles. The summed E-state index contributed by atoms with van der Waals surface area (Å²) in [4.78, 5) is 43.4. The van der Waals surface area contributed by atoms with Crippen molar-refractivity contribution < 1.29 is 29.0 Å². The Bertz CT molecular complexity index is 850. The lowest BCUT2D eigenvalue weighted by molar-refractivity contribution is -0.153. The predicted molar refractivity (Wildman–Crippen MR) is 123 cm³/mol. The quantitative estimate of drug-likeness (QED) is 0.641. The number of ether oxygens (including phenoxy) is 2. The minimum Gasteiger partial charge on any atom is -0.469 e. The highest BCUT2D eigenvalue weighted by Gasteiger charge is 2.40. The van der Waals surface area contributed by atoms with Crippen LogP contribution in [-0.4, -0.2) is 58.8 Å². The van der Waals surface area contributed by atoms with Gasteiger partial charge in [0.05, 0.1) is 19.1 Å². The Balaban J connectivity index is 2.21. The van der Waals surface area contributed by atoms with E-state index in [1.165, 1.54) is 13.3 Å². The van der Waals surface area contributed by atoms with Gasteiger partial charge in [-0.2, -0.15) is 0 Å². The molecule has 1 aliphatic rings. The number of aliphatic hydroxyl groups excluding tert-OH is 1. The Hall–Kier alpha value is -2.68. The van der Waals surface area contributed by atoms with Gasteiger partial charge in [-0.1, -0.05) is 26.8 Å². The fraction of sp³-hybridized carbons (Fsp3) is 0.667. The third kappa shape index (κ3) is 7.15. The van der Waals surface area contributed by atoms with E-state index < -0.39 is 35.1 Å². The summed E-state index contributed by atoms with van der Waals surface area (Å²) in [6.45, 7) is 11.6. The van der Waals surface area contributed by atoms with Gasteiger partial charge in [-0.3, -0.25) is 9.59 Å². The first-order valence-corrected chi connectivity index (χ1v) is 11.2. The number of esters is 1. The van der Waals surface area contributed by atoms with Gasteiger partial charge in [0.2, 0.25) is 5.91 Å². The number of methoxy groups -OCH3 is 1. The zero-order valence-corrected chi connectivity index (χ0v) is 20.7. The number of carbonyl (C=O) groups is 3. The van der Waals surface area contributed by atoms with Crippen LogP contribution < -0.4 is 5.32 Å². The molecule has 0 spiro atoms. The lowest BCUT2D eigenvalue weighted by Gasteiger charge is -2.37. The molecule has 184 valence electrons. The molecule has 2 heterocycles. The standard InChI is InChI=1S/C24H37N3O6/c1-23(2,3)21(30)26-19-16(9-8-12-25-19)18(28)17(20(29)32-7)15-10-13-27(14-11-15)22(31)33-24(4,5)6/h8-9,12,15,17-18,28H,10-11,13-14H2,1-7H3,(H,25,26,30)/t17-,18-/m1/s1. The van der Waals surface area contributed by atoms with E-state index in [0.29, 0.717) is 31.5 Å². The fourth-order valence-electron chi connectivity index (χ4n) is 3.73. The van der Waals surface area contributed by atoms with Crippen LogP contribution in [0.2, 0.25) is 0 Å². The summed E-state index contributed by atoms with van der Waals surface area (Å²) in [7, 11) is 1.28. The summed E-state index contributed by atoms with van der Waals surface area (Å²) in [6, 6.07) is 3.28. The number of carbonyl (C=O) groups excluding carboxylic acids is 3. The minimum absolute atomic E-state index is 0.213. The summed E-state index contributed by atoms with van der Waals surface area (Å²) in [5, 5.41) is 14.0. The molecule has 0 saturated carbocycles. The van der Waals surface area contributed by atoms with Crippen LogP contribution in [0.15, 0.2) is 18.3 Å². The Morgan fingerprint density at radius 3 is 2.27 bits per heavy atom. The number of piperidine rings is 1. The topological polar surface area (TPSA) is 118 Å². The molecule has 33 heavy (non-hydrogen) atoms. The molecule has 1 aromatic rings. The van der Waals surface area contributed by atoms with Crippen LogP contribution in [0.25, 0.3) is 0 Å². The zero-order chi connectivity index (χ0) is 25.0. The number of anilines is 1. The smallest absolute Gasteiger partial charge is 0.410 e. The molecular weight excluding hydrogens is 426 g/mol. The maximum atomic E-state index is 12.7. The zero-order valence-electron chi connectivity index (χ0n) is 20.7. The Labute approximate surface area is 195 Å². The number of nitrogens with one attached hydrogen (secondary N) is 1. The number of amides is 2. The van der Waals surface area contributed by atoms with Crippen LogP contribution in [0.1, 0.15) is 66.1 Å². The van der Waals surface area contributed by atoms with Crippen molar-refractivity contribution in [3.05, 3.63) is 23.9 Å². The fourth-order valence-corrected chi connectivity index (χ4v) is 3.73. The molecule has 2 amide bonds. The van der Waals surface area contributed by atoms with Crippen LogP contribution in [-0.2, 0) is 19.1 Å². The average Bonchev–Trinajstić information content (AvgIpc) is 2.72. The first-order valence-electron chi connectivity index (χ1n) is 11.2. The highest BCUT2D eigenvalue weighted by molar-refractivity contribution is 5.94. The number of rotatable bonds is 5. The van der Waals surface area contributed by atoms with E-state index in [-0.39, 0.29) is 17.6 Å². The Morgan fingerprint density at radius 2 is 1.76 bits per heavy atom. The SMILES string of the molecule is COC(=O)[C@H](C1CCN(C(=O)OC(C)(C)C)CC1)[C@H](O)c1cccnc1NC(=O)C(C)(C)C. The molecule has 9 heteroatoms. The van der Waals surface area contributed by atoms with Crippen molar-refractivity contribution in [3.8, 4) is 0 Å². The van der Waals surface area contributed by atoms with Crippen molar-refractivity contribution in [2.45, 2.75) is 66.1 Å². The van der Waals surface area contributed by atoms with E-state index in [4.69, 9.17) is 9.47 Å². The maximum absolute atomic E-state index is 12.7. The minimum atomic E-state index is -1.24. The maximum Gasteiger partial charge on any atom is 0.410 e.